The molecule has 5 nitrogen and oxygen atoms in total. The Hall–Kier alpha value is -1.01. The maximum absolute atomic E-state index is 6.10. The predicted octanol–water partition coefficient (Wildman–Crippen LogP) is 5.51. The van der Waals surface area contributed by atoms with Gasteiger partial charge in [0.2, 0.25) is 0 Å². The molecule has 0 spiro atoms. The van der Waals surface area contributed by atoms with Gasteiger partial charge >= 0.3 is 14.5 Å². The summed E-state index contributed by atoms with van der Waals surface area (Å²) in [7, 11) is -1.02. The molecule has 31 heavy (non-hydrogen) atoms. The van der Waals surface area contributed by atoms with Gasteiger partial charge in [0, 0.05) is 42.9 Å². The molecule has 7 heteroatoms. The van der Waals surface area contributed by atoms with Crippen molar-refractivity contribution in [3.8, 4) is 0 Å². The number of aryl methyl sites for hydroxylation is 1. The van der Waals surface area contributed by atoms with Crippen LogP contribution in [0.15, 0.2) is 24.3 Å². The van der Waals surface area contributed by atoms with Gasteiger partial charge in [0.05, 0.1) is 0 Å². The zero-order valence-electron chi connectivity index (χ0n) is 20.3. The van der Waals surface area contributed by atoms with Gasteiger partial charge in [0.25, 0.3) is 0 Å². The Morgan fingerprint density at radius 2 is 1.16 bits per heavy atom. The number of unbranched alkanes of at least 4 members (excludes halogenated alkanes) is 5. The lowest BCUT2D eigenvalue weighted by Gasteiger charge is -2.42. The number of hydrogen-bond donors (Lipinski definition) is 0. The first kappa shape index (κ1) is 24.6. The number of hydrogen-bond acceptors (Lipinski definition) is 5. The molecule has 0 bridgehead atoms. The van der Waals surface area contributed by atoms with Crippen molar-refractivity contribution in [1.82, 2.24) is 0 Å². The van der Waals surface area contributed by atoms with E-state index in [0.717, 1.165) is 12.1 Å². The van der Waals surface area contributed by atoms with Gasteiger partial charge in [-0.05, 0) is 30.5 Å². The molecule has 2 aliphatic heterocycles. The average Bonchev–Trinajstić information content (AvgIpc) is 2.74. The van der Waals surface area contributed by atoms with Gasteiger partial charge in [-0.25, -0.2) is 0 Å². The third-order valence-corrected chi connectivity index (χ3v) is 5.97. The molecule has 1 aromatic carbocycles. The van der Waals surface area contributed by atoms with Crippen LogP contribution < -0.4 is 4.72 Å². The Morgan fingerprint density at radius 3 is 1.65 bits per heavy atom. The van der Waals surface area contributed by atoms with Gasteiger partial charge in [0.15, 0.2) is 0 Å². The zero-order chi connectivity index (χ0) is 22.3. The summed E-state index contributed by atoms with van der Waals surface area (Å²) in [5, 5.41) is 0. The lowest BCUT2D eigenvalue weighted by molar-refractivity contribution is 0.0154. The molecule has 0 amide bonds. The highest BCUT2D eigenvalue weighted by Gasteiger charge is 2.47. The second kappa shape index (κ2) is 11.2. The van der Waals surface area contributed by atoms with E-state index in [4.69, 9.17) is 18.6 Å². The standard InChI is InChI=1S/C24H41B2NO4/c1-6-7-8-9-10-11-12-21-13-15-22(16-14-21)27(25-28-17-23(2,3)18-29-25)26-30-19-24(4,5)20-31-26/h13-16H,6-12,17-20H2,1-5H3. The Kier molecular flexibility index (Phi) is 8.91. The van der Waals surface area contributed by atoms with E-state index >= 15 is 0 Å². The Balaban J connectivity index is 1.63. The fourth-order valence-electron chi connectivity index (χ4n) is 3.98. The first-order valence-electron chi connectivity index (χ1n) is 12.1. The molecule has 2 heterocycles. The van der Waals surface area contributed by atoms with E-state index in [2.05, 4.69) is 58.9 Å². The first-order valence-corrected chi connectivity index (χ1v) is 12.1. The second-order valence-corrected chi connectivity index (χ2v) is 10.8. The van der Waals surface area contributed by atoms with Gasteiger partial charge in [-0.15, -0.1) is 0 Å². The van der Waals surface area contributed by atoms with Crippen LogP contribution in [-0.4, -0.2) is 40.9 Å². The summed E-state index contributed by atoms with van der Waals surface area (Å²) in [6, 6.07) is 8.72. The van der Waals surface area contributed by atoms with Crippen LogP contribution in [0.3, 0.4) is 0 Å². The Bertz CT molecular complexity index is 620. The van der Waals surface area contributed by atoms with E-state index in [-0.39, 0.29) is 10.8 Å². The molecule has 0 aromatic heterocycles. The summed E-state index contributed by atoms with van der Waals surface area (Å²) >= 11 is 0. The Labute approximate surface area is 190 Å². The van der Waals surface area contributed by atoms with Crippen molar-refractivity contribution in [1.29, 1.82) is 0 Å². The molecule has 2 aliphatic rings. The summed E-state index contributed by atoms with van der Waals surface area (Å²) in [5.74, 6) is 0. The number of benzene rings is 1. The summed E-state index contributed by atoms with van der Waals surface area (Å²) in [5.41, 5.74) is 2.40. The molecule has 3 rings (SSSR count). The lowest BCUT2D eigenvalue weighted by atomic mass is 9.81. The quantitative estimate of drug-likeness (QED) is 0.362. The van der Waals surface area contributed by atoms with Gasteiger partial charge in [-0.1, -0.05) is 78.9 Å². The molecule has 1 aromatic rings. The van der Waals surface area contributed by atoms with Crippen molar-refractivity contribution < 1.29 is 18.6 Å². The number of nitrogens with zero attached hydrogens (tertiary/aromatic N) is 1. The van der Waals surface area contributed by atoms with Crippen LogP contribution in [0.25, 0.3) is 0 Å². The molecule has 0 radical (unpaired) electrons. The van der Waals surface area contributed by atoms with Gasteiger partial charge in [-0.3, -0.25) is 0 Å². The van der Waals surface area contributed by atoms with Crippen molar-refractivity contribution in [2.24, 2.45) is 10.8 Å². The maximum atomic E-state index is 6.10. The summed E-state index contributed by atoms with van der Waals surface area (Å²) in [6.07, 6.45) is 9.06. The number of anilines is 1. The van der Waals surface area contributed by atoms with Crippen LogP contribution in [0.5, 0.6) is 0 Å². The minimum Gasteiger partial charge on any atom is -0.392 e. The monoisotopic (exact) mass is 429 g/mol. The minimum absolute atomic E-state index is 0.0133. The average molecular weight is 429 g/mol. The highest BCUT2D eigenvalue weighted by Crippen LogP contribution is 2.30. The SMILES string of the molecule is CCCCCCCCc1ccc(N(B2OCC(C)(C)CO2)B2OCC(C)(C)CO2)cc1. The second-order valence-electron chi connectivity index (χ2n) is 10.8. The van der Waals surface area contributed by atoms with Crippen LogP contribution in [0.4, 0.5) is 5.69 Å². The molecular weight excluding hydrogens is 388 g/mol. The highest BCUT2D eigenvalue weighted by molar-refractivity contribution is 6.71. The number of rotatable bonds is 10. The first-order chi connectivity index (χ1) is 14.8. The summed E-state index contributed by atoms with van der Waals surface area (Å²) in [4.78, 5) is 0. The highest BCUT2D eigenvalue weighted by atomic mass is 16.6. The third-order valence-electron chi connectivity index (χ3n) is 5.97. The molecular formula is C24H41B2NO4. The topological polar surface area (TPSA) is 40.2 Å². The minimum atomic E-state index is -0.511. The lowest BCUT2D eigenvalue weighted by Crippen LogP contribution is -2.61. The van der Waals surface area contributed by atoms with E-state index in [1.54, 1.807) is 0 Å². The Morgan fingerprint density at radius 1 is 0.710 bits per heavy atom. The van der Waals surface area contributed by atoms with Crippen LogP contribution in [0.2, 0.25) is 0 Å². The van der Waals surface area contributed by atoms with E-state index in [1.165, 1.54) is 44.1 Å². The van der Waals surface area contributed by atoms with Crippen molar-refractivity contribution in [3.63, 3.8) is 0 Å². The van der Waals surface area contributed by atoms with Crippen LogP contribution in [0, 0.1) is 10.8 Å². The molecule has 2 saturated heterocycles. The fourth-order valence-corrected chi connectivity index (χ4v) is 3.98. The largest absolute Gasteiger partial charge is 0.584 e. The normalized spacial score (nSPS) is 20.7. The molecule has 2 fully saturated rings. The third kappa shape index (κ3) is 7.52. The van der Waals surface area contributed by atoms with Crippen LogP contribution >= 0.6 is 0 Å². The smallest absolute Gasteiger partial charge is 0.392 e. The predicted molar refractivity (Wildman–Crippen MR) is 129 cm³/mol. The van der Waals surface area contributed by atoms with Crippen molar-refractivity contribution in [3.05, 3.63) is 29.8 Å². The molecule has 0 saturated carbocycles. The van der Waals surface area contributed by atoms with Crippen LogP contribution in [0.1, 0.15) is 78.7 Å². The molecule has 172 valence electrons. The van der Waals surface area contributed by atoms with Crippen molar-refractivity contribution >= 4 is 20.2 Å². The zero-order valence-corrected chi connectivity index (χ0v) is 20.3. The molecule has 0 unspecified atom stereocenters. The molecule has 0 N–H and O–H groups in total. The molecule has 0 aliphatic carbocycles. The van der Waals surface area contributed by atoms with E-state index in [0.29, 0.717) is 26.4 Å². The summed E-state index contributed by atoms with van der Waals surface area (Å²) in [6.45, 7) is 13.4. The fraction of sp³-hybridized carbons (Fsp3) is 0.750. The van der Waals surface area contributed by atoms with Gasteiger partial charge < -0.3 is 23.3 Å². The van der Waals surface area contributed by atoms with Crippen molar-refractivity contribution in [2.75, 3.05) is 31.1 Å². The van der Waals surface area contributed by atoms with Crippen molar-refractivity contribution in [2.45, 2.75) is 79.6 Å². The maximum Gasteiger partial charge on any atom is 0.584 e. The van der Waals surface area contributed by atoms with E-state index < -0.39 is 14.5 Å². The van der Waals surface area contributed by atoms with Gasteiger partial charge in [-0.2, -0.15) is 0 Å². The van der Waals surface area contributed by atoms with E-state index in [1.807, 2.05) is 4.72 Å². The van der Waals surface area contributed by atoms with Crippen LogP contribution in [-0.2, 0) is 25.0 Å². The molecule has 0 atom stereocenters. The summed E-state index contributed by atoms with van der Waals surface area (Å²) < 4.78 is 26.4. The van der Waals surface area contributed by atoms with E-state index in [9.17, 15) is 0 Å². The van der Waals surface area contributed by atoms with Gasteiger partial charge in [0.1, 0.15) is 0 Å².